The second-order valence-corrected chi connectivity index (χ2v) is 8.12. The van der Waals surface area contributed by atoms with E-state index in [1.165, 1.54) is 4.90 Å². The molecule has 0 saturated heterocycles. The molecule has 0 radical (unpaired) electrons. The fourth-order valence-corrected chi connectivity index (χ4v) is 4.49. The molecule has 1 aliphatic heterocycles. The first-order valence-electron chi connectivity index (χ1n) is 9.87. The minimum atomic E-state index is -0.154. The summed E-state index contributed by atoms with van der Waals surface area (Å²) in [7, 11) is 0. The molecule has 1 N–H and O–H groups in total. The van der Waals surface area contributed by atoms with E-state index >= 15 is 0 Å². The number of unbranched alkanes of at least 4 members (excludes halogenated alkanes) is 1. The van der Waals surface area contributed by atoms with Crippen LogP contribution in [0.1, 0.15) is 37.3 Å². The lowest BCUT2D eigenvalue weighted by Gasteiger charge is -2.18. The summed E-state index contributed by atoms with van der Waals surface area (Å²) in [5.41, 5.74) is 4.10. The minimum Gasteiger partial charge on any atom is -0.356 e. The quantitative estimate of drug-likeness (QED) is 0.703. The zero-order chi connectivity index (χ0) is 19.3. The lowest BCUT2D eigenvalue weighted by molar-refractivity contribution is -0.123. The van der Waals surface area contributed by atoms with Crippen LogP contribution in [0.25, 0.3) is 0 Å². The second-order valence-electron chi connectivity index (χ2n) is 7.03. The largest absolute Gasteiger partial charge is 0.356 e. The summed E-state index contributed by atoms with van der Waals surface area (Å²) < 4.78 is 0. The van der Waals surface area contributed by atoms with Crippen molar-refractivity contribution in [3.05, 3.63) is 88.5 Å². The number of carbonyl (C=O) groups excluding carboxylic acids is 1. The number of allylic oxidation sites excluding steroid dienone is 1. The van der Waals surface area contributed by atoms with Gasteiger partial charge in [0.25, 0.3) is 0 Å². The summed E-state index contributed by atoms with van der Waals surface area (Å²) >= 11 is 1.74. The number of nitrogens with zero attached hydrogens (tertiary/aromatic N) is 1. The maximum Gasteiger partial charge on any atom is 0.227 e. The molecule has 0 aromatic heterocycles. The Balaban J connectivity index is 1.71. The predicted molar refractivity (Wildman–Crippen MR) is 117 cm³/mol. The van der Waals surface area contributed by atoms with Crippen molar-refractivity contribution in [2.75, 3.05) is 6.54 Å². The van der Waals surface area contributed by atoms with Gasteiger partial charge >= 0.3 is 0 Å². The monoisotopic (exact) mass is 388 g/mol. The molecular weight excluding hydrogens is 364 g/mol. The summed E-state index contributed by atoms with van der Waals surface area (Å²) in [5.74, 6) is -0.0577. The third-order valence-corrected chi connectivity index (χ3v) is 6.15. The maximum absolute atomic E-state index is 12.6. The van der Waals surface area contributed by atoms with Crippen molar-refractivity contribution < 1.29 is 4.79 Å². The minimum absolute atomic E-state index is 0.0967. The number of aliphatic imine (C=N–C) groups is 1. The predicted octanol–water partition coefficient (Wildman–Crippen LogP) is 5.33. The zero-order valence-electron chi connectivity index (χ0n) is 16.0. The summed E-state index contributed by atoms with van der Waals surface area (Å²) in [4.78, 5) is 19.9. The normalized spacial score (nSPS) is 18.0. The van der Waals surface area contributed by atoms with Crippen molar-refractivity contribution in [2.24, 2.45) is 10.9 Å². The topological polar surface area (TPSA) is 41.5 Å². The van der Waals surface area contributed by atoms with E-state index in [1.807, 2.05) is 24.3 Å². The van der Waals surface area contributed by atoms with Crippen LogP contribution in [0.2, 0.25) is 0 Å². The third kappa shape index (κ3) is 3.97. The van der Waals surface area contributed by atoms with Gasteiger partial charge in [-0.1, -0.05) is 79.7 Å². The molecule has 1 heterocycles. The molecule has 0 bridgehead atoms. The summed E-state index contributed by atoms with van der Waals surface area (Å²) in [6, 6.07) is 18.7. The Morgan fingerprint density at radius 1 is 1.14 bits per heavy atom. The number of carbonyl (C=O) groups is 1. The van der Waals surface area contributed by atoms with Crippen LogP contribution in [0.15, 0.2) is 87.2 Å². The Morgan fingerprint density at radius 2 is 1.93 bits per heavy atom. The molecule has 28 heavy (non-hydrogen) atoms. The number of thioether (sulfide) groups is 1. The van der Waals surface area contributed by atoms with Crippen LogP contribution >= 0.6 is 11.8 Å². The van der Waals surface area contributed by atoms with Crippen molar-refractivity contribution >= 4 is 23.4 Å². The van der Waals surface area contributed by atoms with E-state index in [-0.39, 0.29) is 11.8 Å². The van der Waals surface area contributed by atoms with Crippen LogP contribution in [-0.2, 0) is 4.79 Å². The van der Waals surface area contributed by atoms with Crippen molar-refractivity contribution in [1.82, 2.24) is 5.32 Å². The van der Waals surface area contributed by atoms with E-state index in [0.29, 0.717) is 0 Å². The highest BCUT2D eigenvalue weighted by atomic mass is 32.2. The Kier molecular flexibility index (Phi) is 5.77. The smallest absolute Gasteiger partial charge is 0.227 e. The van der Waals surface area contributed by atoms with E-state index < -0.39 is 0 Å². The highest BCUT2D eigenvalue weighted by Gasteiger charge is 2.26. The maximum atomic E-state index is 12.6. The van der Waals surface area contributed by atoms with Crippen LogP contribution in [0.4, 0.5) is 0 Å². The van der Waals surface area contributed by atoms with Crippen LogP contribution in [-0.4, -0.2) is 18.2 Å². The first-order chi connectivity index (χ1) is 13.8. The molecule has 0 spiro atoms. The number of hydrogen-bond donors (Lipinski definition) is 1. The molecule has 1 aliphatic carbocycles. The fraction of sp³-hybridized carbons (Fsp3) is 0.250. The number of rotatable bonds is 5. The molecule has 2 aromatic rings. The van der Waals surface area contributed by atoms with Gasteiger partial charge in [0.1, 0.15) is 0 Å². The lowest BCUT2D eigenvalue weighted by Crippen LogP contribution is -2.31. The molecule has 142 valence electrons. The van der Waals surface area contributed by atoms with Gasteiger partial charge in [-0.3, -0.25) is 4.79 Å². The van der Waals surface area contributed by atoms with Gasteiger partial charge in [-0.05, 0) is 25.0 Å². The molecular formula is C24H24N2OS. The third-order valence-electron chi connectivity index (χ3n) is 4.98. The Hall–Kier alpha value is -2.59. The van der Waals surface area contributed by atoms with Gasteiger partial charge in [-0.2, -0.15) is 0 Å². The molecule has 2 aromatic carbocycles. The van der Waals surface area contributed by atoms with Gasteiger partial charge in [0.2, 0.25) is 5.91 Å². The Morgan fingerprint density at radius 3 is 2.75 bits per heavy atom. The number of hydrogen-bond acceptors (Lipinski definition) is 3. The molecule has 1 unspecified atom stereocenters. The molecule has 1 amide bonds. The van der Waals surface area contributed by atoms with Gasteiger partial charge in [0, 0.05) is 27.5 Å². The number of nitrogens with one attached hydrogen (secondary N) is 1. The molecule has 3 nitrogen and oxygen atoms in total. The first-order valence-corrected chi connectivity index (χ1v) is 10.7. The zero-order valence-corrected chi connectivity index (χ0v) is 16.8. The van der Waals surface area contributed by atoms with Crippen molar-refractivity contribution in [1.29, 1.82) is 0 Å². The van der Waals surface area contributed by atoms with E-state index in [9.17, 15) is 4.79 Å². The van der Waals surface area contributed by atoms with Crippen LogP contribution in [0.5, 0.6) is 0 Å². The van der Waals surface area contributed by atoms with E-state index in [0.717, 1.165) is 53.2 Å². The second kappa shape index (κ2) is 8.61. The van der Waals surface area contributed by atoms with Crippen LogP contribution in [0.3, 0.4) is 0 Å². The molecule has 0 saturated carbocycles. The SMILES string of the molecule is CCCCNC(=O)C1C=C2N=C(c3ccccc3)c3ccccc3SC2=CC1. The standard InChI is InChI=1S/C24H24N2OS/c1-2-3-15-25-24(27)18-13-14-22-20(16-18)26-23(17-9-5-4-6-10-17)19-11-7-8-12-21(19)28-22/h4-12,14,16,18H,2-3,13,15H2,1H3,(H,25,27). The lowest BCUT2D eigenvalue weighted by atomic mass is 9.97. The number of benzene rings is 2. The molecule has 1 atom stereocenters. The van der Waals surface area contributed by atoms with Crippen molar-refractivity contribution in [2.45, 2.75) is 31.1 Å². The van der Waals surface area contributed by atoms with Crippen LogP contribution < -0.4 is 5.32 Å². The van der Waals surface area contributed by atoms with E-state index in [1.54, 1.807) is 11.8 Å². The average molecular weight is 389 g/mol. The molecule has 2 aliphatic rings. The highest BCUT2D eigenvalue weighted by molar-refractivity contribution is 8.03. The molecule has 4 rings (SSSR count). The van der Waals surface area contributed by atoms with Gasteiger partial charge in [0.05, 0.1) is 17.3 Å². The van der Waals surface area contributed by atoms with Crippen molar-refractivity contribution in [3.63, 3.8) is 0 Å². The molecule has 0 fully saturated rings. The van der Waals surface area contributed by atoms with E-state index in [4.69, 9.17) is 4.99 Å². The average Bonchev–Trinajstić information content (AvgIpc) is 2.90. The Bertz CT molecular complexity index is 960. The fourth-order valence-electron chi connectivity index (χ4n) is 3.43. The summed E-state index contributed by atoms with van der Waals surface area (Å²) in [6.07, 6.45) is 7.02. The first kappa shape index (κ1) is 18.8. The Labute approximate surface area is 170 Å². The van der Waals surface area contributed by atoms with Gasteiger partial charge < -0.3 is 5.32 Å². The van der Waals surface area contributed by atoms with E-state index in [2.05, 4.69) is 54.7 Å². The summed E-state index contributed by atoms with van der Waals surface area (Å²) in [5, 5.41) is 3.06. The van der Waals surface area contributed by atoms with Crippen molar-refractivity contribution in [3.8, 4) is 0 Å². The van der Waals surface area contributed by atoms with Crippen LogP contribution in [0, 0.1) is 5.92 Å². The van der Waals surface area contributed by atoms with Gasteiger partial charge in [-0.15, -0.1) is 0 Å². The summed E-state index contributed by atoms with van der Waals surface area (Å²) in [6.45, 7) is 2.87. The van der Waals surface area contributed by atoms with Gasteiger partial charge in [0.15, 0.2) is 0 Å². The number of amides is 1. The number of fused-ring (bicyclic) bond motifs is 2. The highest BCUT2D eigenvalue weighted by Crippen LogP contribution is 2.41. The van der Waals surface area contributed by atoms with Gasteiger partial charge in [-0.25, -0.2) is 4.99 Å². The molecule has 4 heteroatoms.